The van der Waals surface area contributed by atoms with Crippen molar-refractivity contribution in [3.63, 3.8) is 0 Å². The van der Waals surface area contributed by atoms with E-state index in [1.165, 1.54) is 0 Å². The van der Waals surface area contributed by atoms with Gasteiger partial charge in [0.2, 0.25) is 5.91 Å². The van der Waals surface area contributed by atoms with Crippen LogP contribution in [-0.4, -0.2) is 51.4 Å². The number of amides is 1. The van der Waals surface area contributed by atoms with E-state index in [9.17, 15) is 4.79 Å². The first kappa shape index (κ1) is 12.6. The van der Waals surface area contributed by atoms with Crippen LogP contribution >= 0.6 is 0 Å². The van der Waals surface area contributed by atoms with Crippen molar-refractivity contribution in [1.29, 1.82) is 0 Å². The number of likely N-dealkylation sites (tertiary alicyclic amines) is 1. The molecule has 1 saturated heterocycles. The summed E-state index contributed by atoms with van der Waals surface area (Å²) in [6.07, 6.45) is 6.42. The lowest BCUT2D eigenvalue weighted by Crippen LogP contribution is -2.42. The Morgan fingerprint density at radius 2 is 2.42 bits per heavy atom. The van der Waals surface area contributed by atoms with E-state index in [4.69, 9.17) is 4.74 Å². The monoisotopic (exact) mass is 264 g/mol. The van der Waals surface area contributed by atoms with Crippen molar-refractivity contribution >= 4 is 5.91 Å². The van der Waals surface area contributed by atoms with Gasteiger partial charge in [0, 0.05) is 19.7 Å². The summed E-state index contributed by atoms with van der Waals surface area (Å²) in [4.78, 5) is 18.3. The highest BCUT2D eigenvalue weighted by atomic mass is 16.5. The van der Waals surface area contributed by atoms with Gasteiger partial charge in [-0.25, -0.2) is 9.67 Å². The molecular formula is C13H20N4O2. The molecular weight excluding hydrogens is 244 g/mol. The van der Waals surface area contributed by atoms with E-state index in [-0.39, 0.29) is 24.0 Å². The molecule has 2 fully saturated rings. The molecule has 1 aliphatic carbocycles. The molecule has 0 spiro atoms. The molecule has 1 aromatic heterocycles. The van der Waals surface area contributed by atoms with Crippen molar-refractivity contribution in [2.45, 2.75) is 38.3 Å². The van der Waals surface area contributed by atoms with E-state index >= 15 is 0 Å². The Labute approximate surface area is 112 Å². The number of carbonyl (C=O) groups excluding carboxylic acids is 1. The molecule has 6 heteroatoms. The minimum Gasteiger partial charge on any atom is -0.378 e. The van der Waals surface area contributed by atoms with Crippen molar-refractivity contribution in [3.8, 4) is 0 Å². The Morgan fingerprint density at radius 1 is 1.53 bits per heavy atom. The predicted octanol–water partition coefficient (Wildman–Crippen LogP) is 0.867. The zero-order chi connectivity index (χ0) is 13.2. The van der Waals surface area contributed by atoms with Crippen molar-refractivity contribution in [2.24, 2.45) is 5.92 Å². The van der Waals surface area contributed by atoms with E-state index in [1.807, 2.05) is 16.5 Å². The van der Waals surface area contributed by atoms with Crippen LogP contribution in [-0.2, 0) is 9.53 Å². The second kappa shape index (κ2) is 5.28. The standard InChI is InChI=1S/C13H20N4O2/c1-2-19-12-6-11(12)13(18)16-5-3-4-10(7-16)17-9-14-8-15-17/h8-12H,2-7H2,1H3. The van der Waals surface area contributed by atoms with E-state index in [0.29, 0.717) is 6.61 Å². The van der Waals surface area contributed by atoms with E-state index in [1.54, 1.807) is 12.7 Å². The minimum absolute atomic E-state index is 0.0921. The number of ether oxygens (including phenoxy) is 1. The van der Waals surface area contributed by atoms with Gasteiger partial charge in [-0.15, -0.1) is 0 Å². The van der Waals surface area contributed by atoms with Gasteiger partial charge >= 0.3 is 0 Å². The summed E-state index contributed by atoms with van der Waals surface area (Å²) in [5.41, 5.74) is 0. The lowest BCUT2D eigenvalue weighted by atomic mass is 10.1. The zero-order valence-electron chi connectivity index (χ0n) is 11.2. The fraction of sp³-hybridized carbons (Fsp3) is 0.769. The van der Waals surface area contributed by atoms with Gasteiger partial charge in [-0.05, 0) is 26.2 Å². The molecule has 1 aliphatic heterocycles. The smallest absolute Gasteiger partial charge is 0.228 e. The molecule has 1 aromatic rings. The molecule has 0 N–H and O–H groups in total. The molecule has 3 unspecified atom stereocenters. The second-order valence-electron chi connectivity index (χ2n) is 5.29. The normalized spacial score (nSPS) is 30.4. The van der Waals surface area contributed by atoms with Gasteiger partial charge in [0.25, 0.3) is 0 Å². The summed E-state index contributed by atoms with van der Waals surface area (Å²) in [7, 11) is 0. The fourth-order valence-corrected chi connectivity index (χ4v) is 2.84. The number of hydrogen-bond donors (Lipinski definition) is 0. The van der Waals surface area contributed by atoms with Gasteiger partial charge in [0.05, 0.1) is 18.1 Å². The first-order valence-corrected chi connectivity index (χ1v) is 7.04. The molecule has 0 bridgehead atoms. The van der Waals surface area contributed by atoms with Crippen LogP contribution in [0.25, 0.3) is 0 Å². The average molecular weight is 264 g/mol. The molecule has 2 aliphatic rings. The molecule has 0 aromatic carbocycles. The molecule has 6 nitrogen and oxygen atoms in total. The maximum Gasteiger partial charge on any atom is 0.228 e. The average Bonchev–Trinajstić information content (AvgIpc) is 3.00. The second-order valence-corrected chi connectivity index (χ2v) is 5.29. The molecule has 1 saturated carbocycles. The zero-order valence-corrected chi connectivity index (χ0v) is 11.2. The van der Waals surface area contributed by atoms with Crippen LogP contribution in [0.15, 0.2) is 12.7 Å². The van der Waals surface area contributed by atoms with Crippen LogP contribution in [0.4, 0.5) is 0 Å². The highest BCUT2D eigenvalue weighted by Gasteiger charge is 2.46. The largest absolute Gasteiger partial charge is 0.378 e. The van der Waals surface area contributed by atoms with Gasteiger partial charge < -0.3 is 9.64 Å². The molecule has 1 amide bonds. The summed E-state index contributed by atoms with van der Waals surface area (Å²) >= 11 is 0. The number of aromatic nitrogens is 3. The third-order valence-corrected chi connectivity index (χ3v) is 3.95. The third kappa shape index (κ3) is 2.63. The van der Waals surface area contributed by atoms with E-state index < -0.39 is 0 Å². The van der Waals surface area contributed by atoms with E-state index in [0.717, 1.165) is 32.4 Å². The summed E-state index contributed by atoms with van der Waals surface area (Å²) in [6, 6.07) is 0.268. The van der Waals surface area contributed by atoms with Crippen molar-refractivity contribution in [2.75, 3.05) is 19.7 Å². The van der Waals surface area contributed by atoms with Crippen LogP contribution in [0.5, 0.6) is 0 Å². The topological polar surface area (TPSA) is 60.2 Å². The number of piperidine rings is 1. The summed E-state index contributed by atoms with van der Waals surface area (Å²) < 4.78 is 7.37. The molecule has 0 radical (unpaired) electrons. The van der Waals surface area contributed by atoms with Crippen LogP contribution < -0.4 is 0 Å². The first-order valence-electron chi connectivity index (χ1n) is 7.04. The number of nitrogens with zero attached hydrogens (tertiary/aromatic N) is 4. The summed E-state index contributed by atoms with van der Waals surface area (Å²) in [5, 5.41) is 4.18. The Balaban J connectivity index is 1.58. The van der Waals surface area contributed by atoms with Gasteiger partial charge in [-0.3, -0.25) is 4.79 Å². The Kier molecular flexibility index (Phi) is 3.50. The molecule has 2 heterocycles. The third-order valence-electron chi connectivity index (χ3n) is 3.95. The van der Waals surface area contributed by atoms with Crippen LogP contribution in [0.1, 0.15) is 32.2 Å². The quantitative estimate of drug-likeness (QED) is 0.809. The predicted molar refractivity (Wildman–Crippen MR) is 68.4 cm³/mol. The first-order chi connectivity index (χ1) is 9.29. The molecule has 3 rings (SSSR count). The summed E-state index contributed by atoms with van der Waals surface area (Å²) in [5.74, 6) is 0.345. The number of hydrogen-bond acceptors (Lipinski definition) is 4. The molecule has 104 valence electrons. The lowest BCUT2D eigenvalue weighted by molar-refractivity contribution is -0.135. The number of carbonyl (C=O) groups is 1. The number of rotatable bonds is 4. The van der Waals surface area contributed by atoms with Crippen LogP contribution in [0, 0.1) is 5.92 Å². The molecule has 3 atom stereocenters. The maximum atomic E-state index is 12.4. The van der Waals surface area contributed by atoms with Gasteiger partial charge in [0.15, 0.2) is 0 Å². The van der Waals surface area contributed by atoms with Crippen LogP contribution in [0.2, 0.25) is 0 Å². The fourth-order valence-electron chi connectivity index (χ4n) is 2.84. The molecule has 19 heavy (non-hydrogen) atoms. The Hall–Kier alpha value is -1.43. The minimum atomic E-state index is 0.0921. The van der Waals surface area contributed by atoms with Crippen molar-refractivity contribution < 1.29 is 9.53 Å². The highest BCUT2D eigenvalue weighted by Crippen LogP contribution is 2.36. The SMILES string of the molecule is CCOC1CC1C(=O)N1CCCC(n2cncn2)C1. The maximum absolute atomic E-state index is 12.4. The van der Waals surface area contributed by atoms with E-state index in [2.05, 4.69) is 10.1 Å². The Morgan fingerprint density at radius 3 is 3.16 bits per heavy atom. The van der Waals surface area contributed by atoms with Gasteiger partial charge in [-0.2, -0.15) is 5.10 Å². The van der Waals surface area contributed by atoms with Crippen molar-refractivity contribution in [3.05, 3.63) is 12.7 Å². The highest BCUT2D eigenvalue weighted by molar-refractivity contribution is 5.82. The Bertz CT molecular complexity index is 434. The van der Waals surface area contributed by atoms with Gasteiger partial charge in [-0.1, -0.05) is 0 Å². The van der Waals surface area contributed by atoms with Crippen LogP contribution in [0.3, 0.4) is 0 Å². The van der Waals surface area contributed by atoms with Gasteiger partial charge in [0.1, 0.15) is 12.7 Å². The van der Waals surface area contributed by atoms with Crippen molar-refractivity contribution in [1.82, 2.24) is 19.7 Å². The summed E-state index contributed by atoms with van der Waals surface area (Å²) in [6.45, 7) is 4.27. The lowest BCUT2D eigenvalue weighted by Gasteiger charge is -2.32.